The fraction of sp³-hybridized carbons (Fsp3) is 0.320. The summed E-state index contributed by atoms with van der Waals surface area (Å²) < 4.78 is 29.3. The number of ketones is 1. The second kappa shape index (κ2) is 8.18. The van der Waals surface area contributed by atoms with Crippen LogP contribution >= 0.6 is 0 Å². The number of sulfonamides is 1. The molecule has 2 aromatic carbocycles. The Kier molecular flexibility index (Phi) is 5.41. The second-order valence-corrected chi connectivity index (χ2v) is 10.9. The Balaban J connectivity index is 1.62. The van der Waals surface area contributed by atoms with Crippen molar-refractivity contribution in [2.45, 2.75) is 49.4 Å². The van der Waals surface area contributed by atoms with Gasteiger partial charge in [-0.05, 0) is 37.1 Å². The summed E-state index contributed by atoms with van der Waals surface area (Å²) in [6.07, 6.45) is 2.44. The predicted octanol–water partition coefficient (Wildman–Crippen LogP) is 2.34. The lowest BCUT2D eigenvalue weighted by Gasteiger charge is -2.36. The normalized spacial score (nSPS) is 27.3. The summed E-state index contributed by atoms with van der Waals surface area (Å²) in [6.45, 7) is 3.40. The lowest BCUT2D eigenvalue weighted by Crippen LogP contribution is -2.56. The van der Waals surface area contributed by atoms with E-state index in [1.54, 1.807) is 30.3 Å². The van der Waals surface area contributed by atoms with Gasteiger partial charge < -0.3 is 10.2 Å². The van der Waals surface area contributed by atoms with Gasteiger partial charge in [-0.15, -0.1) is 0 Å². The van der Waals surface area contributed by atoms with Gasteiger partial charge in [-0.3, -0.25) is 9.59 Å². The van der Waals surface area contributed by atoms with Gasteiger partial charge in [0.05, 0.1) is 28.1 Å². The molecule has 0 spiro atoms. The van der Waals surface area contributed by atoms with E-state index in [4.69, 9.17) is 4.84 Å². The van der Waals surface area contributed by atoms with Gasteiger partial charge in [0.15, 0.2) is 11.9 Å². The van der Waals surface area contributed by atoms with E-state index in [0.717, 1.165) is 11.1 Å². The summed E-state index contributed by atoms with van der Waals surface area (Å²) in [7, 11) is -3.96. The molecule has 176 valence electrons. The standard InChI is InChI=1S/C25H25N3O5S/c1-16-8-10-19(11-9-16)34(31,32)28(15-18-6-4-3-5-7-18)20-14-25(26-17(2)29)13-12-21(30)24-22(25)23(20)27-33-24/h3-13,20,22,24H,14-15H2,1-2H3,(H,26,29)/t20-,22-,24-,25+/m0/s1. The van der Waals surface area contributed by atoms with Crippen LogP contribution in [0.25, 0.3) is 0 Å². The first-order valence-corrected chi connectivity index (χ1v) is 12.5. The van der Waals surface area contributed by atoms with Crippen LogP contribution in [0, 0.1) is 12.8 Å². The fourth-order valence-electron chi connectivity index (χ4n) is 5.18. The molecule has 1 N–H and O–H groups in total. The maximum atomic E-state index is 14.0. The Labute approximate surface area is 198 Å². The molecule has 1 heterocycles. The number of hydrogen-bond donors (Lipinski definition) is 1. The lowest BCUT2D eigenvalue weighted by atomic mass is 9.77. The Morgan fingerprint density at radius 2 is 1.88 bits per heavy atom. The molecule has 8 nitrogen and oxygen atoms in total. The quantitative estimate of drug-likeness (QED) is 0.685. The van der Waals surface area contributed by atoms with Crippen LogP contribution < -0.4 is 5.32 Å². The third kappa shape index (κ3) is 3.65. The number of benzene rings is 2. The van der Waals surface area contributed by atoms with E-state index < -0.39 is 33.6 Å². The molecule has 0 unspecified atom stereocenters. The van der Waals surface area contributed by atoms with Gasteiger partial charge in [0.1, 0.15) is 0 Å². The van der Waals surface area contributed by atoms with Crippen molar-refractivity contribution in [1.82, 2.24) is 9.62 Å². The zero-order valence-corrected chi connectivity index (χ0v) is 19.7. The molecule has 4 atom stereocenters. The SMILES string of the molecule is CC(=O)N[C@]12C=CC(=O)[C@@H]3ON=C([C@@H](N(Cc4ccccc4)S(=O)(=O)c4ccc(C)cc4)C1)[C@@H]32. The Morgan fingerprint density at radius 1 is 1.18 bits per heavy atom. The molecule has 9 heteroatoms. The topological polar surface area (TPSA) is 105 Å². The number of nitrogens with one attached hydrogen (secondary N) is 1. The number of hydrogen-bond acceptors (Lipinski definition) is 6. The molecule has 2 aliphatic carbocycles. The van der Waals surface area contributed by atoms with E-state index >= 15 is 0 Å². The van der Waals surface area contributed by atoms with Crippen molar-refractivity contribution in [3.63, 3.8) is 0 Å². The number of aryl methyl sites for hydroxylation is 1. The third-order valence-corrected chi connectivity index (χ3v) is 8.58. The molecule has 0 saturated heterocycles. The molecule has 34 heavy (non-hydrogen) atoms. The lowest BCUT2D eigenvalue weighted by molar-refractivity contribution is -0.130. The van der Waals surface area contributed by atoms with Crippen molar-refractivity contribution < 1.29 is 22.8 Å². The molecule has 0 bridgehead atoms. The average Bonchev–Trinajstić information content (AvgIpc) is 3.38. The smallest absolute Gasteiger partial charge is 0.243 e. The van der Waals surface area contributed by atoms with Crippen LogP contribution in [0.5, 0.6) is 0 Å². The first-order chi connectivity index (χ1) is 16.2. The van der Waals surface area contributed by atoms with Crippen LogP contribution in [-0.4, -0.2) is 47.8 Å². The van der Waals surface area contributed by atoms with Crippen LogP contribution in [0.1, 0.15) is 24.5 Å². The molecule has 0 radical (unpaired) electrons. The van der Waals surface area contributed by atoms with E-state index in [2.05, 4.69) is 10.5 Å². The highest BCUT2D eigenvalue weighted by Crippen LogP contribution is 2.47. The largest absolute Gasteiger partial charge is 0.383 e. The Bertz CT molecular complexity index is 1300. The number of carbonyl (C=O) groups excluding carboxylic acids is 2. The summed E-state index contributed by atoms with van der Waals surface area (Å²) in [5.41, 5.74) is 1.26. The van der Waals surface area contributed by atoms with Crippen molar-refractivity contribution in [2.24, 2.45) is 11.1 Å². The minimum Gasteiger partial charge on any atom is -0.383 e. The van der Waals surface area contributed by atoms with Gasteiger partial charge in [0.25, 0.3) is 0 Å². The van der Waals surface area contributed by atoms with Crippen molar-refractivity contribution in [3.05, 3.63) is 77.9 Å². The van der Waals surface area contributed by atoms with E-state index in [-0.39, 0.29) is 29.6 Å². The minimum absolute atomic E-state index is 0.103. The first-order valence-electron chi connectivity index (χ1n) is 11.1. The zero-order valence-electron chi connectivity index (χ0n) is 18.8. The average molecular weight is 480 g/mol. The molecule has 1 amide bonds. The monoisotopic (exact) mass is 479 g/mol. The molecular weight excluding hydrogens is 454 g/mol. The summed E-state index contributed by atoms with van der Waals surface area (Å²) in [4.78, 5) is 30.3. The minimum atomic E-state index is -3.96. The highest BCUT2D eigenvalue weighted by molar-refractivity contribution is 7.89. The fourth-order valence-corrected chi connectivity index (χ4v) is 6.76. The predicted molar refractivity (Wildman–Crippen MR) is 125 cm³/mol. The number of oxime groups is 1. The highest BCUT2D eigenvalue weighted by Gasteiger charge is 2.63. The number of rotatable bonds is 6. The Morgan fingerprint density at radius 3 is 2.56 bits per heavy atom. The van der Waals surface area contributed by atoms with E-state index in [9.17, 15) is 18.0 Å². The van der Waals surface area contributed by atoms with Crippen LogP contribution in [0.15, 0.2) is 76.8 Å². The van der Waals surface area contributed by atoms with Gasteiger partial charge in [-0.1, -0.05) is 59.3 Å². The highest BCUT2D eigenvalue weighted by atomic mass is 32.2. The summed E-state index contributed by atoms with van der Waals surface area (Å²) in [5.74, 6) is -1.09. The van der Waals surface area contributed by atoms with Crippen molar-refractivity contribution in [2.75, 3.05) is 0 Å². The molecular formula is C25H25N3O5S. The molecule has 1 aliphatic heterocycles. The summed E-state index contributed by atoms with van der Waals surface area (Å²) >= 11 is 0. The summed E-state index contributed by atoms with van der Waals surface area (Å²) in [5, 5.41) is 7.17. The van der Waals surface area contributed by atoms with Gasteiger partial charge in [-0.2, -0.15) is 4.31 Å². The first kappa shape index (κ1) is 22.5. The van der Waals surface area contributed by atoms with Gasteiger partial charge in [-0.25, -0.2) is 8.42 Å². The summed E-state index contributed by atoms with van der Waals surface area (Å²) in [6, 6.07) is 15.3. The van der Waals surface area contributed by atoms with Crippen LogP contribution in [0.3, 0.4) is 0 Å². The molecule has 1 saturated carbocycles. The third-order valence-electron chi connectivity index (χ3n) is 6.71. The Hall–Kier alpha value is -3.30. The van der Waals surface area contributed by atoms with Crippen LogP contribution in [0.4, 0.5) is 0 Å². The molecule has 1 fully saturated rings. The number of amides is 1. The maximum Gasteiger partial charge on any atom is 0.243 e. The van der Waals surface area contributed by atoms with Crippen molar-refractivity contribution in [1.29, 1.82) is 0 Å². The van der Waals surface area contributed by atoms with Gasteiger partial charge in [0, 0.05) is 13.5 Å². The number of carbonyl (C=O) groups is 2. The maximum absolute atomic E-state index is 14.0. The van der Waals surface area contributed by atoms with Crippen molar-refractivity contribution in [3.8, 4) is 0 Å². The number of nitrogens with zero attached hydrogens (tertiary/aromatic N) is 2. The van der Waals surface area contributed by atoms with Crippen LogP contribution in [-0.2, 0) is 31.0 Å². The molecule has 0 aromatic heterocycles. The van der Waals surface area contributed by atoms with Gasteiger partial charge in [0.2, 0.25) is 15.9 Å². The van der Waals surface area contributed by atoms with Crippen LogP contribution in [0.2, 0.25) is 0 Å². The van der Waals surface area contributed by atoms with Crippen molar-refractivity contribution >= 4 is 27.4 Å². The van der Waals surface area contributed by atoms with E-state index in [0.29, 0.717) is 5.71 Å². The zero-order chi connectivity index (χ0) is 24.1. The molecule has 5 rings (SSSR count). The van der Waals surface area contributed by atoms with Gasteiger partial charge >= 0.3 is 0 Å². The van der Waals surface area contributed by atoms with E-state index in [1.807, 2.05) is 37.3 Å². The second-order valence-electron chi connectivity index (χ2n) is 9.05. The van der Waals surface area contributed by atoms with E-state index in [1.165, 1.54) is 17.3 Å². The molecule has 2 aromatic rings. The molecule has 3 aliphatic rings.